The number of aliphatic imine (C=N–C) groups is 1. The van der Waals surface area contributed by atoms with E-state index in [0.717, 1.165) is 99.9 Å². The monoisotopic (exact) mass is 771 g/mol. The fourth-order valence-corrected chi connectivity index (χ4v) is 9.01. The smallest absolute Gasteiger partial charge is 0.213 e. The van der Waals surface area contributed by atoms with Crippen LogP contribution in [0.2, 0.25) is 0 Å². The normalized spacial score (nSPS) is 15.5. The Labute approximate surface area is 346 Å². The molecule has 0 saturated heterocycles. The molecule has 3 aromatic heterocycles. The molecule has 0 fully saturated rings. The van der Waals surface area contributed by atoms with Crippen molar-refractivity contribution in [3.05, 3.63) is 217 Å². The summed E-state index contributed by atoms with van der Waals surface area (Å²) in [6, 6.07) is 70.3. The summed E-state index contributed by atoms with van der Waals surface area (Å²) in [6.45, 7) is 0. The van der Waals surface area contributed by atoms with E-state index >= 15 is 0 Å². The van der Waals surface area contributed by atoms with Gasteiger partial charge in [-0.3, -0.25) is 9.88 Å². The summed E-state index contributed by atoms with van der Waals surface area (Å²) in [7, 11) is 0. The minimum atomic E-state index is -0.218. The van der Waals surface area contributed by atoms with Crippen LogP contribution in [0.1, 0.15) is 29.0 Å². The molecular weight excluding hydrogens is 735 g/mol. The van der Waals surface area contributed by atoms with E-state index in [2.05, 4.69) is 203 Å². The van der Waals surface area contributed by atoms with E-state index in [1.165, 1.54) is 5.39 Å². The highest BCUT2D eigenvalue weighted by Gasteiger charge is 2.27. The number of nitrogens with one attached hydrogen (secondary N) is 2. The zero-order valence-electron chi connectivity index (χ0n) is 32.5. The van der Waals surface area contributed by atoms with Gasteiger partial charge in [-0.05, 0) is 57.3 Å². The molecule has 2 N–H and O–H groups in total. The van der Waals surface area contributed by atoms with Gasteiger partial charge in [0.25, 0.3) is 0 Å². The Morgan fingerprint density at radius 1 is 0.500 bits per heavy atom. The molecule has 2 atom stereocenters. The van der Waals surface area contributed by atoms with Crippen molar-refractivity contribution in [2.24, 2.45) is 4.99 Å². The maximum absolute atomic E-state index is 7.10. The van der Waals surface area contributed by atoms with Gasteiger partial charge in [0.05, 0.1) is 16.4 Å². The largest absolute Gasteiger partial charge is 0.437 e. The molecule has 2 unspecified atom stereocenters. The number of hydrogen-bond donors (Lipinski definition) is 2. The van der Waals surface area contributed by atoms with Crippen LogP contribution in [0.5, 0.6) is 0 Å². The van der Waals surface area contributed by atoms with Crippen molar-refractivity contribution in [3.63, 3.8) is 0 Å². The summed E-state index contributed by atoms with van der Waals surface area (Å²) in [4.78, 5) is 10.4. The summed E-state index contributed by atoms with van der Waals surface area (Å²) in [5.41, 5.74) is 12.2. The molecule has 1 aliphatic heterocycles. The third-order valence-electron chi connectivity index (χ3n) is 11.9. The second kappa shape index (κ2) is 13.9. The first kappa shape index (κ1) is 34.3. The number of fused-ring (bicyclic) bond motifs is 8. The molecule has 0 saturated carbocycles. The fourth-order valence-electron chi connectivity index (χ4n) is 9.01. The van der Waals surface area contributed by atoms with Gasteiger partial charge in [-0.25, -0.2) is 9.98 Å². The first-order valence-electron chi connectivity index (χ1n) is 20.4. The first-order valence-corrected chi connectivity index (χ1v) is 20.4. The maximum atomic E-state index is 7.10. The zero-order chi connectivity index (χ0) is 39.6. The summed E-state index contributed by atoms with van der Waals surface area (Å²) in [5.74, 6) is 0.873. The number of para-hydroxylation sites is 2. The Hall–Kier alpha value is -7.80. The molecule has 12 rings (SSSR count). The highest BCUT2D eigenvalue weighted by atomic mass is 16.3. The van der Waals surface area contributed by atoms with E-state index in [1.807, 2.05) is 12.1 Å². The number of nitrogens with zero attached hydrogens (tertiary/aromatic N) is 3. The summed E-state index contributed by atoms with van der Waals surface area (Å²) >= 11 is 0. The average molecular weight is 772 g/mol. The van der Waals surface area contributed by atoms with E-state index in [9.17, 15) is 0 Å². The molecule has 0 radical (unpaired) electrons. The molecule has 6 heteroatoms. The van der Waals surface area contributed by atoms with Crippen molar-refractivity contribution in [1.82, 2.24) is 20.2 Å². The zero-order valence-corrected chi connectivity index (χ0v) is 32.5. The van der Waals surface area contributed by atoms with Crippen molar-refractivity contribution < 1.29 is 4.42 Å². The van der Waals surface area contributed by atoms with Crippen LogP contribution in [0.3, 0.4) is 0 Å². The molecule has 0 spiro atoms. The van der Waals surface area contributed by atoms with Crippen molar-refractivity contribution in [1.29, 1.82) is 0 Å². The number of benzene rings is 8. The Bertz CT molecular complexity index is 3420. The number of aromatic nitrogens is 2. The Morgan fingerprint density at radius 2 is 1.15 bits per heavy atom. The van der Waals surface area contributed by atoms with E-state index in [1.54, 1.807) is 0 Å². The van der Waals surface area contributed by atoms with Crippen LogP contribution in [0.4, 0.5) is 0 Å². The van der Waals surface area contributed by atoms with Crippen LogP contribution in [-0.2, 0) is 0 Å². The number of furan rings is 1. The van der Waals surface area contributed by atoms with Crippen LogP contribution < -0.4 is 10.6 Å². The van der Waals surface area contributed by atoms with Crippen LogP contribution in [0, 0.1) is 0 Å². The van der Waals surface area contributed by atoms with Crippen molar-refractivity contribution >= 4 is 60.5 Å². The highest BCUT2D eigenvalue weighted by molar-refractivity contribution is 6.28. The minimum absolute atomic E-state index is 0.0843. The fraction of sp³-hybridized carbons (Fsp3) is 0.0370. The standard InChI is InChI=1S/C54H37N5O/c1-3-15-37(16-4-1)51-56-52(38-17-5-2-6-18-38)58-53(57-51)39-28-26-34(27-29-39)35-30-32-40(33-31-35)59-46-25-12-10-22-44(46)48-47-43-21-9-11-24-45(43)55-49(50(47)60-54(48)59)42-23-13-19-36-14-7-8-20-41(36)42/h1-33,51,53,57H,(H,56,58). The summed E-state index contributed by atoms with van der Waals surface area (Å²) in [5, 5.41) is 14.1. The predicted molar refractivity (Wildman–Crippen MR) is 245 cm³/mol. The molecule has 4 heterocycles. The number of pyridine rings is 1. The maximum Gasteiger partial charge on any atom is 0.213 e. The van der Waals surface area contributed by atoms with E-state index in [-0.39, 0.29) is 12.3 Å². The lowest BCUT2D eigenvalue weighted by molar-refractivity contribution is 0.409. The molecule has 6 nitrogen and oxygen atoms in total. The molecule has 0 amide bonds. The summed E-state index contributed by atoms with van der Waals surface area (Å²) < 4.78 is 9.36. The third kappa shape index (κ3) is 5.61. The second-order valence-electron chi connectivity index (χ2n) is 15.4. The van der Waals surface area contributed by atoms with Gasteiger partial charge < -0.3 is 9.73 Å². The number of rotatable bonds is 6. The molecular formula is C54H37N5O. The number of amidine groups is 1. The molecule has 60 heavy (non-hydrogen) atoms. The van der Waals surface area contributed by atoms with E-state index < -0.39 is 0 Å². The molecule has 0 aliphatic carbocycles. The summed E-state index contributed by atoms with van der Waals surface area (Å²) in [6.07, 6.45) is -0.302. The second-order valence-corrected chi connectivity index (χ2v) is 15.4. The van der Waals surface area contributed by atoms with Gasteiger partial charge in [-0.1, -0.05) is 176 Å². The third-order valence-corrected chi connectivity index (χ3v) is 11.9. The lowest BCUT2D eigenvalue weighted by Gasteiger charge is -2.32. The number of hydrogen-bond acceptors (Lipinski definition) is 5. The van der Waals surface area contributed by atoms with E-state index in [4.69, 9.17) is 14.4 Å². The van der Waals surface area contributed by atoms with Gasteiger partial charge in [0.2, 0.25) is 5.71 Å². The quantitative estimate of drug-likeness (QED) is 0.177. The van der Waals surface area contributed by atoms with Gasteiger partial charge in [0.15, 0.2) is 5.58 Å². The van der Waals surface area contributed by atoms with Crippen LogP contribution in [0.25, 0.3) is 82.7 Å². The van der Waals surface area contributed by atoms with Crippen molar-refractivity contribution in [2.75, 3.05) is 0 Å². The Morgan fingerprint density at radius 3 is 1.95 bits per heavy atom. The Balaban J connectivity index is 0.941. The van der Waals surface area contributed by atoms with E-state index in [0.29, 0.717) is 0 Å². The first-order chi connectivity index (χ1) is 29.7. The van der Waals surface area contributed by atoms with Crippen LogP contribution in [-0.4, -0.2) is 15.4 Å². The topological polar surface area (TPSA) is 67.4 Å². The molecule has 11 aromatic rings. The molecule has 1 aliphatic rings. The molecule has 8 aromatic carbocycles. The van der Waals surface area contributed by atoms with Crippen LogP contribution in [0.15, 0.2) is 210 Å². The van der Waals surface area contributed by atoms with Gasteiger partial charge in [0, 0.05) is 33.0 Å². The van der Waals surface area contributed by atoms with Crippen molar-refractivity contribution in [2.45, 2.75) is 12.3 Å². The molecule has 0 bridgehead atoms. The minimum Gasteiger partial charge on any atom is -0.437 e. The highest BCUT2D eigenvalue weighted by Crippen LogP contribution is 2.45. The lowest BCUT2D eigenvalue weighted by Crippen LogP contribution is -2.44. The van der Waals surface area contributed by atoms with Gasteiger partial charge >= 0.3 is 0 Å². The average Bonchev–Trinajstić information content (AvgIpc) is 3.87. The SMILES string of the molecule is c1ccc(C2=NC(c3ccc(-c4ccc(-n5c6ccccc6c6c7c(oc65)c(-c5cccc6ccccc56)nc5ccccc57)cc4)cc3)NC(c3ccccc3)N2)cc1. The lowest BCUT2D eigenvalue weighted by atomic mass is 9.98. The van der Waals surface area contributed by atoms with Gasteiger partial charge in [-0.2, -0.15) is 0 Å². The van der Waals surface area contributed by atoms with Crippen LogP contribution >= 0.6 is 0 Å². The van der Waals surface area contributed by atoms with Gasteiger partial charge in [0.1, 0.15) is 23.9 Å². The van der Waals surface area contributed by atoms with Crippen molar-refractivity contribution in [3.8, 4) is 28.1 Å². The van der Waals surface area contributed by atoms with Gasteiger partial charge in [-0.15, -0.1) is 0 Å². The molecule has 284 valence electrons. The predicted octanol–water partition coefficient (Wildman–Crippen LogP) is 12.9. The Kier molecular flexibility index (Phi) is 7.96.